The first kappa shape index (κ1) is 22.0. The van der Waals surface area contributed by atoms with Crippen LogP contribution in [0.4, 0.5) is 0 Å². The third-order valence-electron chi connectivity index (χ3n) is 5.55. The highest BCUT2D eigenvalue weighted by Gasteiger charge is 2.45. The minimum Gasteiger partial charge on any atom is -0.491 e. The maximum atomic E-state index is 6.52. The van der Waals surface area contributed by atoms with E-state index in [0.717, 1.165) is 16.9 Å². The zero-order valence-electron chi connectivity index (χ0n) is 17.7. The van der Waals surface area contributed by atoms with Crippen LogP contribution in [0, 0.1) is 0 Å². The van der Waals surface area contributed by atoms with Crippen LogP contribution in [0.2, 0.25) is 10.0 Å². The normalized spacial score (nSPS) is 20.1. The van der Waals surface area contributed by atoms with E-state index in [1.165, 1.54) is 5.56 Å². The van der Waals surface area contributed by atoms with Crippen molar-refractivity contribution in [3.63, 3.8) is 0 Å². The van der Waals surface area contributed by atoms with Crippen LogP contribution < -0.4 is 4.74 Å². The Labute approximate surface area is 202 Å². The van der Waals surface area contributed by atoms with E-state index in [9.17, 15) is 0 Å². The molecule has 168 valence electrons. The van der Waals surface area contributed by atoms with E-state index in [1.807, 2.05) is 59.3 Å². The fourth-order valence-corrected chi connectivity index (χ4v) is 4.49. The summed E-state index contributed by atoms with van der Waals surface area (Å²) in [7, 11) is 0. The summed E-state index contributed by atoms with van der Waals surface area (Å²) in [6.45, 7) is 1.12. The lowest BCUT2D eigenvalue weighted by atomic mass is 10.1. The van der Waals surface area contributed by atoms with Crippen molar-refractivity contribution in [3.8, 4) is 16.9 Å². The zero-order valence-corrected chi connectivity index (χ0v) is 19.2. The predicted octanol–water partition coefficient (Wildman–Crippen LogP) is 6.20. The van der Waals surface area contributed by atoms with Gasteiger partial charge in [0, 0.05) is 23.0 Å². The first-order valence-electron chi connectivity index (χ1n) is 10.6. The van der Waals surface area contributed by atoms with Crippen molar-refractivity contribution in [3.05, 3.63) is 107 Å². The number of nitrogens with zero attached hydrogens (tertiary/aromatic N) is 2. The van der Waals surface area contributed by atoms with Gasteiger partial charge in [0.25, 0.3) is 0 Å². The predicted molar refractivity (Wildman–Crippen MR) is 129 cm³/mol. The molecule has 33 heavy (non-hydrogen) atoms. The molecule has 1 saturated heterocycles. The van der Waals surface area contributed by atoms with Gasteiger partial charge >= 0.3 is 0 Å². The lowest BCUT2D eigenvalue weighted by molar-refractivity contribution is -0.189. The second kappa shape index (κ2) is 9.57. The molecular formula is C26H22Cl2N2O3. The van der Waals surface area contributed by atoms with Crippen LogP contribution in [-0.4, -0.2) is 28.9 Å². The summed E-state index contributed by atoms with van der Waals surface area (Å²) in [5.74, 6) is -0.289. The molecule has 0 amide bonds. The fourth-order valence-electron chi connectivity index (χ4n) is 3.94. The van der Waals surface area contributed by atoms with E-state index in [1.54, 1.807) is 24.7 Å². The highest BCUT2D eigenvalue weighted by molar-refractivity contribution is 6.35. The van der Waals surface area contributed by atoms with Crippen molar-refractivity contribution in [1.82, 2.24) is 9.55 Å². The van der Waals surface area contributed by atoms with Crippen molar-refractivity contribution in [2.24, 2.45) is 0 Å². The molecule has 0 bridgehead atoms. The Morgan fingerprint density at radius 3 is 2.52 bits per heavy atom. The molecule has 0 N–H and O–H groups in total. The third-order valence-corrected chi connectivity index (χ3v) is 6.10. The molecule has 1 fully saturated rings. The van der Waals surface area contributed by atoms with Crippen LogP contribution in [0.25, 0.3) is 11.1 Å². The molecule has 1 aliphatic rings. The van der Waals surface area contributed by atoms with Crippen LogP contribution in [0.3, 0.4) is 0 Å². The lowest BCUT2D eigenvalue weighted by Gasteiger charge is -2.30. The van der Waals surface area contributed by atoms with Gasteiger partial charge in [0.15, 0.2) is 0 Å². The summed E-state index contributed by atoms with van der Waals surface area (Å²) in [5, 5.41) is 1.04. The van der Waals surface area contributed by atoms with Gasteiger partial charge in [0.1, 0.15) is 18.5 Å². The molecule has 4 aromatic rings. The van der Waals surface area contributed by atoms with Gasteiger partial charge in [-0.2, -0.15) is 0 Å². The number of halogens is 2. The Morgan fingerprint density at radius 1 is 1.00 bits per heavy atom. The van der Waals surface area contributed by atoms with E-state index in [-0.39, 0.29) is 6.10 Å². The summed E-state index contributed by atoms with van der Waals surface area (Å²) in [6.07, 6.45) is 5.02. The molecule has 0 radical (unpaired) electrons. The summed E-state index contributed by atoms with van der Waals surface area (Å²) < 4.78 is 20.6. The number of aromatic nitrogens is 2. The van der Waals surface area contributed by atoms with E-state index in [4.69, 9.17) is 37.4 Å². The molecule has 1 aliphatic heterocycles. The van der Waals surface area contributed by atoms with Gasteiger partial charge in [-0.15, -0.1) is 0 Å². The largest absolute Gasteiger partial charge is 0.491 e. The standard InChI is InChI=1S/C26H22Cl2N2O3/c27-21-8-11-24(25(28)14-21)26(17-30-13-12-29-18-30)32-16-23(33-26)15-31-22-9-6-20(7-10-22)19-4-2-1-3-5-19/h1-14,18,23H,15-17H2/t23-,26-/m0/s1. The van der Waals surface area contributed by atoms with Crippen LogP contribution >= 0.6 is 23.2 Å². The first-order chi connectivity index (χ1) is 16.1. The monoisotopic (exact) mass is 480 g/mol. The second-order valence-corrected chi connectivity index (χ2v) is 8.71. The van der Waals surface area contributed by atoms with Crippen molar-refractivity contribution in [2.75, 3.05) is 13.2 Å². The summed E-state index contributed by atoms with van der Waals surface area (Å²) >= 11 is 12.6. The Morgan fingerprint density at radius 2 is 1.79 bits per heavy atom. The molecule has 0 unspecified atom stereocenters. The van der Waals surface area contributed by atoms with Crippen molar-refractivity contribution in [2.45, 2.75) is 18.4 Å². The summed E-state index contributed by atoms with van der Waals surface area (Å²) in [5.41, 5.74) is 3.03. The molecule has 0 saturated carbocycles. The Bertz CT molecular complexity index is 1200. The smallest absolute Gasteiger partial charge is 0.215 e. The molecule has 5 nitrogen and oxygen atoms in total. The van der Waals surface area contributed by atoms with Crippen molar-refractivity contribution in [1.29, 1.82) is 0 Å². The lowest BCUT2D eigenvalue weighted by Crippen LogP contribution is -2.34. The molecule has 7 heteroatoms. The fraction of sp³-hybridized carbons (Fsp3) is 0.192. The quantitative estimate of drug-likeness (QED) is 0.315. The molecule has 3 aromatic carbocycles. The van der Waals surface area contributed by atoms with Crippen LogP contribution in [0.1, 0.15) is 5.56 Å². The van der Waals surface area contributed by atoms with Gasteiger partial charge in [-0.3, -0.25) is 0 Å². The number of imidazole rings is 1. The average Bonchev–Trinajstić information content (AvgIpc) is 3.49. The topological polar surface area (TPSA) is 45.5 Å². The van der Waals surface area contributed by atoms with Gasteiger partial charge in [-0.05, 0) is 35.4 Å². The Hall–Kier alpha value is -2.83. The molecule has 1 aromatic heterocycles. The minimum atomic E-state index is -1.06. The highest BCUT2D eigenvalue weighted by Crippen LogP contribution is 2.40. The molecule has 2 heterocycles. The second-order valence-electron chi connectivity index (χ2n) is 7.86. The van der Waals surface area contributed by atoms with E-state index in [2.05, 4.69) is 17.1 Å². The molecule has 2 atom stereocenters. The Kier molecular flexibility index (Phi) is 6.38. The number of hydrogen-bond donors (Lipinski definition) is 0. The zero-order chi connectivity index (χ0) is 22.7. The average molecular weight is 481 g/mol. The van der Waals surface area contributed by atoms with Crippen molar-refractivity contribution < 1.29 is 14.2 Å². The van der Waals surface area contributed by atoms with Crippen LogP contribution in [0.15, 0.2) is 91.5 Å². The molecule has 0 spiro atoms. The SMILES string of the molecule is Clc1ccc([C@@]2(Cn3ccnc3)OC[C@H](COc3ccc(-c4ccccc4)cc3)O2)c(Cl)c1. The maximum absolute atomic E-state index is 6.52. The van der Waals surface area contributed by atoms with Gasteiger partial charge < -0.3 is 18.8 Å². The van der Waals surface area contributed by atoms with Gasteiger partial charge in [-0.1, -0.05) is 71.7 Å². The molecule has 5 rings (SSSR count). The van der Waals surface area contributed by atoms with Crippen LogP contribution in [0.5, 0.6) is 5.75 Å². The Balaban J connectivity index is 1.29. The van der Waals surface area contributed by atoms with E-state index < -0.39 is 5.79 Å². The number of benzene rings is 3. The van der Waals surface area contributed by atoms with Crippen LogP contribution in [-0.2, 0) is 21.8 Å². The van der Waals surface area contributed by atoms with Gasteiger partial charge in [0.05, 0.1) is 24.5 Å². The maximum Gasteiger partial charge on any atom is 0.215 e. The summed E-state index contributed by atoms with van der Waals surface area (Å²) in [4.78, 5) is 4.12. The first-order valence-corrected chi connectivity index (χ1v) is 11.4. The third kappa shape index (κ3) is 4.92. The van der Waals surface area contributed by atoms with E-state index >= 15 is 0 Å². The van der Waals surface area contributed by atoms with E-state index in [0.29, 0.717) is 29.8 Å². The highest BCUT2D eigenvalue weighted by atomic mass is 35.5. The number of ether oxygens (including phenoxy) is 3. The summed E-state index contributed by atoms with van der Waals surface area (Å²) in [6, 6.07) is 23.6. The molecular weight excluding hydrogens is 459 g/mol. The van der Waals surface area contributed by atoms with Crippen molar-refractivity contribution >= 4 is 23.2 Å². The number of hydrogen-bond acceptors (Lipinski definition) is 4. The minimum absolute atomic E-state index is 0.269. The number of rotatable bonds is 7. The van der Waals surface area contributed by atoms with Gasteiger partial charge in [0.2, 0.25) is 5.79 Å². The molecule has 0 aliphatic carbocycles. The van der Waals surface area contributed by atoms with Gasteiger partial charge in [-0.25, -0.2) is 4.98 Å².